The molecule has 7 heteroatoms. The lowest BCUT2D eigenvalue weighted by Gasteiger charge is -2.47. The van der Waals surface area contributed by atoms with Crippen molar-refractivity contribution in [2.75, 3.05) is 0 Å². The van der Waals surface area contributed by atoms with E-state index in [1.54, 1.807) is 0 Å². The second-order valence-electron chi connectivity index (χ2n) is 11.1. The average molecular weight is 467 g/mol. The molecular formula is C26H42O7. The molecule has 2 heterocycles. The quantitative estimate of drug-likeness (QED) is 0.472. The third-order valence-electron chi connectivity index (χ3n) is 8.20. The second kappa shape index (κ2) is 9.67. The van der Waals surface area contributed by atoms with E-state index >= 15 is 0 Å². The van der Waals surface area contributed by atoms with Gasteiger partial charge >= 0.3 is 11.9 Å². The van der Waals surface area contributed by atoms with Crippen LogP contribution in [0.5, 0.6) is 0 Å². The van der Waals surface area contributed by atoms with Crippen molar-refractivity contribution in [1.82, 2.24) is 0 Å². The van der Waals surface area contributed by atoms with Gasteiger partial charge in [-0.05, 0) is 57.8 Å². The number of fused-ring (bicyclic) bond motifs is 5. The van der Waals surface area contributed by atoms with Crippen LogP contribution in [0.2, 0.25) is 0 Å². The molecule has 0 aromatic carbocycles. The summed E-state index contributed by atoms with van der Waals surface area (Å²) in [6.45, 7) is 15.3. The van der Waals surface area contributed by atoms with Gasteiger partial charge in [0.1, 0.15) is 23.4 Å². The summed E-state index contributed by atoms with van der Waals surface area (Å²) in [5.74, 6) is -0.355. The lowest BCUT2D eigenvalue weighted by atomic mass is 9.60. The zero-order chi connectivity index (χ0) is 24.7. The van der Waals surface area contributed by atoms with Crippen LogP contribution in [0.1, 0.15) is 80.1 Å². The number of aliphatic hydroxyl groups excluding tert-OH is 1. The molecule has 188 valence electrons. The van der Waals surface area contributed by atoms with Crippen LogP contribution in [0.4, 0.5) is 0 Å². The van der Waals surface area contributed by atoms with Crippen molar-refractivity contribution < 1.29 is 34.0 Å². The highest BCUT2D eigenvalue weighted by Crippen LogP contribution is 2.56. The molecule has 0 spiro atoms. The lowest BCUT2D eigenvalue weighted by molar-refractivity contribution is -0.205. The van der Waals surface area contributed by atoms with Crippen molar-refractivity contribution in [3.05, 3.63) is 12.2 Å². The molecule has 2 N–H and O–H groups in total. The summed E-state index contributed by atoms with van der Waals surface area (Å²) in [7, 11) is 0. The number of ether oxygens (including phenoxy) is 3. The van der Waals surface area contributed by atoms with Gasteiger partial charge in [-0.25, -0.2) is 0 Å². The molecule has 0 amide bonds. The monoisotopic (exact) mass is 466 g/mol. The van der Waals surface area contributed by atoms with Gasteiger partial charge in [0.25, 0.3) is 0 Å². The van der Waals surface area contributed by atoms with E-state index in [0.717, 1.165) is 18.4 Å². The summed E-state index contributed by atoms with van der Waals surface area (Å²) in [4.78, 5) is 24.7. The standard InChI is InChI=1S/C26H42O7/c1-8-9-19(29)33-25(6)13-12-18(28)26(7,30)24(31-16(5)27)22-20-15(4)10-11-17(14(2)3)21(20)23(25)32-22/h14,17-18,20-24,28,30H,4,8-13H2,1-3,5-7H3. The van der Waals surface area contributed by atoms with Gasteiger partial charge in [0.15, 0.2) is 6.10 Å². The van der Waals surface area contributed by atoms with Crippen molar-refractivity contribution >= 4 is 11.9 Å². The molecule has 9 atom stereocenters. The van der Waals surface area contributed by atoms with Crippen molar-refractivity contribution in [3.63, 3.8) is 0 Å². The molecule has 1 saturated carbocycles. The summed E-state index contributed by atoms with van der Waals surface area (Å²) in [6, 6.07) is 0. The van der Waals surface area contributed by atoms with E-state index in [-0.39, 0.29) is 24.2 Å². The minimum absolute atomic E-state index is 0.000206. The first-order valence-corrected chi connectivity index (χ1v) is 12.5. The van der Waals surface area contributed by atoms with Crippen LogP contribution >= 0.6 is 0 Å². The van der Waals surface area contributed by atoms with Gasteiger partial charge in [-0.1, -0.05) is 32.9 Å². The summed E-state index contributed by atoms with van der Waals surface area (Å²) >= 11 is 0. The smallest absolute Gasteiger partial charge is 0.306 e. The Bertz CT molecular complexity index is 760. The molecule has 2 bridgehead atoms. The Hall–Kier alpha value is -1.44. The second-order valence-corrected chi connectivity index (χ2v) is 11.1. The van der Waals surface area contributed by atoms with Crippen LogP contribution in [0.25, 0.3) is 0 Å². The Morgan fingerprint density at radius 3 is 2.52 bits per heavy atom. The minimum atomic E-state index is -1.74. The first-order chi connectivity index (χ1) is 15.3. The molecule has 0 aromatic heterocycles. The fourth-order valence-corrected chi connectivity index (χ4v) is 6.42. The Balaban J connectivity index is 2.15. The maximum atomic E-state index is 12.7. The number of rotatable bonds is 5. The number of aliphatic hydroxyl groups is 2. The molecular weight excluding hydrogens is 424 g/mol. The van der Waals surface area contributed by atoms with Crippen LogP contribution in [0.3, 0.4) is 0 Å². The average Bonchev–Trinajstić information content (AvgIpc) is 3.11. The summed E-state index contributed by atoms with van der Waals surface area (Å²) in [6.07, 6.45) is -0.155. The van der Waals surface area contributed by atoms with Gasteiger partial charge in [0.05, 0.1) is 6.10 Å². The summed E-state index contributed by atoms with van der Waals surface area (Å²) in [5.41, 5.74) is -1.73. The Labute approximate surface area is 197 Å². The van der Waals surface area contributed by atoms with Crippen LogP contribution in [0.15, 0.2) is 12.2 Å². The minimum Gasteiger partial charge on any atom is -0.457 e. The van der Waals surface area contributed by atoms with Gasteiger partial charge in [0.2, 0.25) is 0 Å². The summed E-state index contributed by atoms with van der Waals surface area (Å²) in [5, 5.41) is 22.4. The number of carbonyl (C=O) groups is 2. The van der Waals surface area contributed by atoms with Crippen molar-refractivity contribution in [2.45, 2.75) is 116 Å². The highest BCUT2D eigenvalue weighted by molar-refractivity contribution is 5.70. The van der Waals surface area contributed by atoms with E-state index in [1.807, 2.05) is 13.8 Å². The van der Waals surface area contributed by atoms with E-state index in [1.165, 1.54) is 13.8 Å². The van der Waals surface area contributed by atoms with E-state index in [4.69, 9.17) is 14.2 Å². The number of esters is 2. The predicted octanol–water partition coefficient (Wildman–Crippen LogP) is 3.55. The zero-order valence-electron chi connectivity index (χ0n) is 21.0. The predicted molar refractivity (Wildman–Crippen MR) is 123 cm³/mol. The number of carbonyl (C=O) groups excluding carboxylic acids is 2. The van der Waals surface area contributed by atoms with Crippen molar-refractivity contribution in [3.8, 4) is 0 Å². The highest BCUT2D eigenvalue weighted by atomic mass is 16.6. The molecule has 0 aromatic rings. The molecule has 3 rings (SSSR count). The van der Waals surface area contributed by atoms with E-state index < -0.39 is 41.6 Å². The summed E-state index contributed by atoms with van der Waals surface area (Å²) < 4.78 is 18.4. The third-order valence-corrected chi connectivity index (χ3v) is 8.20. The topological polar surface area (TPSA) is 102 Å². The van der Waals surface area contributed by atoms with E-state index in [2.05, 4.69) is 20.4 Å². The third kappa shape index (κ3) is 4.87. The van der Waals surface area contributed by atoms with Crippen LogP contribution < -0.4 is 0 Å². The van der Waals surface area contributed by atoms with E-state index in [9.17, 15) is 19.8 Å². The first-order valence-electron chi connectivity index (χ1n) is 12.5. The van der Waals surface area contributed by atoms with Gasteiger partial charge in [-0.3, -0.25) is 9.59 Å². The van der Waals surface area contributed by atoms with E-state index in [0.29, 0.717) is 31.1 Å². The molecule has 9 unspecified atom stereocenters. The van der Waals surface area contributed by atoms with Crippen molar-refractivity contribution in [2.24, 2.45) is 23.7 Å². The molecule has 0 radical (unpaired) electrons. The van der Waals surface area contributed by atoms with Crippen LogP contribution in [-0.4, -0.2) is 57.8 Å². The molecule has 2 aliphatic heterocycles. The molecule has 3 aliphatic rings. The maximum absolute atomic E-state index is 12.7. The van der Waals surface area contributed by atoms with Gasteiger partial charge in [0, 0.05) is 25.2 Å². The van der Waals surface area contributed by atoms with Crippen LogP contribution in [-0.2, 0) is 23.8 Å². The zero-order valence-corrected chi connectivity index (χ0v) is 21.0. The van der Waals surface area contributed by atoms with Gasteiger partial charge in [-0.2, -0.15) is 0 Å². The molecule has 7 nitrogen and oxygen atoms in total. The molecule has 1 aliphatic carbocycles. The normalized spacial score (nSPS) is 43.3. The van der Waals surface area contributed by atoms with Gasteiger partial charge in [-0.15, -0.1) is 0 Å². The molecule has 33 heavy (non-hydrogen) atoms. The first kappa shape index (κ1) is 26.2. The Kier molecular flexibility index (Phi) is 7.67. The largest absolute Gasteiger partial charge is 0.457 e. The fourth-order valence-electron chi connectivity index (χ4n) is 6.42. The highest BCUT2D eigenvalue weighted by Gasteiger charge is 2.64. The number of hydrogen-bond donors (Lipinski definition) is 2. The molecule has 3 fully saturated rings. The Morgan fingerprint density at radius 1 is 1.27 bits per heavy atom. The lowest BCUT2D eigenvalue weighted by Crippen LogP contribution is -2.58. The van der Waals surface area contributed by atoms with Crippen molar-refractivity contribution in [1.29, 1.82) is 0 Å². The van der Waals surface area contributed by atoms with Gasteiger partial charge < -0.3 is 24.4 Å². The fraction of sp³-hybridized carbons (Fsp3) is 0.846. The SMILES string of the molecule is C=C1CCC(C(C)C)C2C1C1OC2C(C)(OC(=O)CCC)CCC(O)C(C)(O)C1OC(C)=O. The molecule has 2 saturated heterocycles. The maximum Gasteiger partial charge on any atom is 0.306 e. The van der Waals surface area contributed by atoms with Crippen LogP contribution in [0, 0.1) is 23.7 Å². The Morgan fingerprint density at radius 2 is 1.94 bits per heavy atom. The number of hydrogen-bond acceptors (Lipinski definition) is 7.